The molecule has 1 N–H and O–H groups in total. The van der Waals surface area contributed by atoms with E-state index >= 15 is 0 Å². The van der Waals surface area contributed by atoms with Gasteiger partial charge >= 0.3 is 6.03 Å². The Morgan fingerprint density at radius 3 is 3.14 bits per heavy atom. The number of benzene rings is 1. The van der Waals surface area contributed by atoms with Crippen LogP contribution in [0.4, 0.5) is 4.79 Å². The van der Waals surface area contributed by atoms with Gasteiger partial charge in [-0.3, -0.25) is 0 Å². The topological polar surface area (TPSA) is 60.0 Å². The lowest BCUT2D eigenvalue weighted by atomic mass is 9.98. The maximum atomic E-state index is 12.0. The molecule has 21 heavy (non-hydrogen) atoms. The second kappa shape index (κ2) is 6.22. The second-order valence-electron chi connectivity index (χ2n) is 5.27. The number of likely N-dealkylation sites (tertiary alicyclic amines) is 1. The van der Waals surface area contributed by atoms with Gasteiger partial charge in [0.15, 0.2) is 11.5 Å². The summed E-state index contributed by atoms with van der Waals surface area (Å²) in [4.78, 5) is 13.9. The van der Waals surface area contributed by atoms with Gasteiger partial charge in [0.1, 0.15) is 0 Å². The Bertz CT molecular complexity index is 520. The van der Waals surface area contributed by atoms with Crippen molar-refractivity contribution in [2.75, 3.05) is 40.1 Å². The number of urea groups is 1. The third kappa shape index (κ3) is 3.05. The molecule has 1 aromatic rings. The van der Waals surface area contributed by atoms with Crippen LogP contribution in [0.25, 0.3) is 0 Å². The minimum atomic E-state index is -0.0182. The predicted molar refractivity (Wildman–Crippen MR) is 76.8 cm³/mol. The number of nitrogens with one attached hydrogen (secondary N) is 1. The van der Waals surface area contributed by atoms with Crippen LogP contribution in [0.1, 0.15) is 17.9 Å². The number of ether oxygens (including phenoxy) is 3. The molecule has 1 fully saturated rings. The van der Waals surface area contributed by atoms with Crippen LogP contribution in [0.2, 0.25) is 0 Å². The summed E-state index contributed by atoms with van der Waals surface area (Å²) in [6.07, 6.45) is 0.970. The van der Waals surface area contributed by atoms with Crippen molar-refractivity contribution < 1.29 is 19.0 Å². The van der Waals surface area contributed by atoms with Crippen LogP contribution < -0.4 is 14.8 Å². The summed E-state index contributed by atoms with van der Waals surface area (Å²) in [5, 5.41) is 2.86. The number of hydrogen-bond donors (Lipinski definition) is 1. The highest BCUT2D eigenvalue weighted by Gasteiger charge is 2.28. The first kappa shape index (κ1) is 14.0. The number of carbonyl (C=O) groups is 1. The van der Waals surface area contributed by atoms with Gasteiger partial charge in [-0.2, -0.15) is 0 Å². The van der Waals surface area contributed by atoms with Crippen LogP contribution in [0.5, 0.6) is 11.5 Å². The highest BCUT2D eigenvalue weighted by atomic mass is 16.7. The first-order valence-corrected chi connectivity index (χ1v) is 7.19. The van der Waals surface area contributed by atoms with Crippen LogP contribution in [0.3, 0.4) is 0 Å². The van der Waals surface area contributed by atoms with E-state index in [4.69, 9.17) is 14.2 Å². The molecule has 0 bridgehead atoms. The molecule has 3 rings (SSSR count). The molecule has 1 atom stereocenters. The van der Waals surface area contributed by atoms with Gasteiger partial charge in [-0.25, -0.2) is 4.79 Å². The van der Waals surface area contributed by atoms with E-state index in [1.807, 2.05) is 17.0 Å². The Balaban J connectivity index is 1.58. The van der Waals surface area contributed by atoms with Crippen LogP contribution >= 0.6 is 0 Å². The minimum absolute atomic E-state index is 0.0182. The standard InChI is InChI=1S/C15H20N2O4/c1-19-7-5-16-15(18)17-6-4-12(9-17)11-2-3-13-14(8-11)21-10-20-13/h2-3,8,12H,4-7,9-10H2,1H3,(H,16,18)/t12-/m1/s1. The summed E-state index contributed by atoms with van der Waals surface area (Å²) in [5.74, 6) is 1.95. The van der Waals surface area contributed by atoms with Crippen molar-refractivity contribution in [3.05, 3.63) is 23.8 Å². The Labute approximate surface area is 124 Å². The van der Waals surface area contributed by atoms with Crippen LogP contribution in [0, 0.1) is 0 Å². The maximum absolute atomic E-state index is 12.0. The van der Waals surface area contributed by atoms with Gasteiger partial charge < -0.3 is 24.4 Å². The summed E-state index contributed by atoms with van der Waals surface area (Å²) in [6.45, 7) is 2.87. The second-order valence-corrected chi connectivity index (χ2v) is 5.27. The normalized spacial score (nSPS) is 19.9. The van der Waals surface area contributed by atoms with Crippen molar-refractivity contribution in [3.63, 3.8) is 0 Å². The lowest BCUT2D eigenvalue weighted by molar-refractivity contribution is 0.174. The van der Waals surface area contributed by atoms with Gasteiger partial charge in [-0.1, -0.05) is 6.07 Å². The van der Waals surface area contributed by atoms with E-state index in [-0.39, 0.29) is 12.8 Å². The molecule has 2 amide bonds. The molecular weight excluding hydrogens is 272 g/mol. The number of nitrogens with zero attached hydrogens (tertiary/aromatic N) is 1. The molecule has 0 radical (unpaired) electrons. The number of hydrogen-bond acceptors (Lipinski definition) is 4. The Morgan fingerprint density at radius 2 is 2.29 bits per heavy atom. The van der Waals surface area contributed by atoms with Crippen LogP contribution in [0.15, 0.2) is 18.2 Å². The van der Waals surface area contributed by atoms with Gasteiger partial charge in [0.2, 0.25) is 6.79 Å². The molecule has 2 aliphatic rings. The van der Waals surface area contributed by atoms with Crippen molar-refractivity contribution in [1.82, 2.24) is 10.2 Å². The van der Waals surface area contributed by atoms with Gasteiger partial charge in [-0.05, 0) is 24.1 Å². The first-order chi connectivity index (χ1) is 10.3. The SMILES string of the molecule is COCCNC(=O)N1CC[C@@H](c2ccc3c(c2)OCO3)C1. The summed E-state index contributed by atoms with van der Waals surface area (Å²) >= 11 is 0. The van der Waals surface area contributed by atoms with E-state index in [0.717, 1.165) is 31.0 Å². The number of methoxy groups -OCH3 is 1. The Hall–Kier alpha value is -1.95. The lowest BCUT2D eigenvalue weighted by Crippen LogP contribution is -2.39. The lowest BCUT2D eigenvalue weighted by Gasteiger charge is -2.17. The van der Waals surface area contributed by atoms with E-state index in [9.17, 15) is 4.79 Å². The maximum Gasteiger partial charge on any atom is 0.317 e. The fourth-order valence-electron chi connectivity index (χ4n) is 2.76. The van der Waals surface area contributed by atoms with Gasteiger partial charge in [0, 0.05) is 32.7 Å². The summed E-state index contributed by atoms with van der Waals surface area (Å²) < 4.78 is 15.7. The monoisotopic (exact) mass is 292 g/mol. The number of amides is 2. The van der Waals surface area contributed by atoms with Gasteiger partial charge in [-0.15, -0.1) is 0 Å². The molecule has 0 spiro atoms. The molecule has 2 aliphatic heterocycles. The Morgan fingerprint density at radius 1 is 1.43 bits per heavy atom. The van der Waals surface area contributed by atoms with E-state index in [1.54, 1.807) is 7.11 Å². The van der Waals surface area contributed by atoms with E-state index in [0.29, 0.717) is 19.1 Å². The van der Waals surface area contributed by atoms with E-state index in [2.05, 4.69) is 11.4 Å². The third-order valence-corrected chi connectivity index (χ3v) is 3.93. The minimum Gasteiger partial charge on any atom is -0.454 e. The van der Waals surface area contributed by atoms with E-state index in [1.165, 1.54) is 5.56 Å². The molecule has 0 aliphatic carbocycles. The van der Waals surface area contributed by atoms with Crippen LogP contribution in [-0.2, 0) is 4.74 Å². The fraction of sp³-hybridized carbons (Fsp3) is 0.533. The van der Waals surface area contributed by atoms with Crippen molar-refractivity contribution in [2.24, 2.45) is 0 Å². The molecule has 114 valence electrons. The zero-order valence-electron chi connectivity index (χ0n) is 12.1. The number of fused-ring (bicyclic) bond motifs is 1. The smallest absolute Gasteiger partial charge is 0.317 e. The van der Waals surface area contributed by atoms with Crippen molar-refractivity contribution in [2.45, 2.75) is 12.3 Å². The number of rotatable bonds is 4. The Kier molecular flexibility index (Phi) is 4.15. The molecule has 6 nitrogen and oxygen atoms in total. The molecule has 6 heteroatoms. The van der Waals surface area contributed by atoms with Crippen molar-refractivity contribution in [3.8, 4) is 11.5 Å². The highest BCUT2D eigenvalue weighted by molar-refractivity contribution is 5.74. The first-order valence-electron chi connectivity index (χ1n) is 7.19. The quantitative estimate of drug-likeness (QED) is 0.856. The molecule has 0 unspecified atom stereocenters. The molecule has 0 saturated carbocycles. The summed E-state index contributed by atoms with van der Waals surface area (Å²) in [7, 11) is 1.62. The summed E-state index contributed by atoms with van der Waals surface area (Å²) in [5.41, 5.74) is 1.20. The molecule has 0 aromatic heterocycles. The van der Waals surface area contributed by atoms with E-state index < -0.39 is 0 Å². The van der Waals surface area contributed by atoms with Crippen LogP contribution in [-0.4, -0.2) is 51.1 Å². The zero-order chi connectivity index (χ0) is 14.7. The third-order valence-electron chi connectivity index (χ3n) is 3.93. The molecule has 2 heterocycles. The van der Waals surface area contributed by atoms with Gasteiger partial charge in [0.25, 0.3) is 0 Å². The zero-order valence-corrected chi connectivity index (χ0v) is 12.1. The summed E-state index contributed by atoms with van der Waals surface area (Å²) in [6, 6.07) is 6.01. The predicted octanol–water partition coefficient (Wildman–Crippen LogP) is 1.56. The van der Waals surface area contributed by atoms with Gasteiger partial charge in [0.05, 0.1) is 6.61 Å². The van der Waals surface area contributed by atoms with Crippen molar-refractivity contribution in [1.29, 1.82) is 0 Å². The van der Waals surface area contributed by atoms with Crippen molar-refractivity contribution >= 4 is 6.03 Å². The average molecular weight is 292 g/mol. The number of carbonyl (C=O) groups excluding carboxylic acids is 1. The average Bonchev–Trinajstić information content (AvgIpc) is 3.15. The molecular formula is C15H20N2O4. The largest absolute Gasteiger partial charge is 0.454 e. The highest BCUT2D eigenvalue weighted by Crippen LogP contribution is 2.36. The molecule has 1 aromatic carbocycles. The molecule has 1 saturated heterocycles. The fourth-order valence-corrected chi connectivity index (χ4v) is 2.76.